The molecule has 0 amide bonds. The van der Waals surface area contributed by atoms with E-state index in [-0.39, 0.29) is 0 Å². The zero-order valence-corrected chi connectivity index (χ0v) is 12.4. The molecule has 4 nitrogen and oxygen atoms in total. The van der Waals surface area contributed by atoms with E-state index < -0.39 is 0 Å². The van der Waals surface area contributed by atoms with E-state index in [1.54, 1.807) is 11.3 Å². The maximum absolute atomic E-state index is 5.63. The highest BCUT2D eigenvalue weighted by Gasteiger charge is 2.14. The number of nitrogens with two attached hydrogens (primary N) is 1. The molecule has 5 heteroatoms. The molecule has 0 aliphatic rings. The van der Waals surface area contributed by atoms with Crippen molar-refractivity contribution in [2.45, 2.75) is 32.9 Å². The Morgan fingerprint density at radius 1 is 1.47 bits per heavy atom. The predicted molar refractivity (Wildman–Crippen MR) is 80.5 cm³/mol. The van der Waals surface area contributed by atoms with Crippen LogP contribution in [0.1, 0.15) is 23.1 Å². The topological polar surface area (TPSA) is 55.0 Å². The number of thiophene rings is 1. The summed E-state index contributed by atoms with van der Waals surface area (Å²) in [4.78, 5) is 12.4. The van der Waals surface area contributed by atoms with Crippen LogP contribution in [0.25, 0.3) is 0 Å². The third-order valence-electron chi connectivity index (χ3n) is 3.34. The largest absolute Gasteiger partial charge is 0.341 e. The van der Waals surface area contributed by atoms with Crippen molar-refractivity contribution in [2.75, 3.05) is 11.9 Å². The standard InChI is InChI=1S/C14H20N4S/c1-10(7-13-5-4-6-19-13)18(3)14-16-9-12(8-15)11(2)17-14/h4-6,9-10H,7-8,15H2,1-3H3. The van der Waals surface area contributed by atoms with Gasteiger partial charge in [0.25, 0.3) is 0 Å². The van der Waals surface area contributed by atoms with Gasteiger partial charge in [-0.15, -0.1) is 11.3 Å². The first kappa shape index (κ1) is 14.0. The van der Waals surface area contributed by atoms with E-state index in [2.05, 4.69) is 39.3 Å². The van der Waals surface area contributed by atoms with Crippen LogP contribution in [-0.2, 0) is 13.0 Å². The third-order valence-corrected chi connectivity index (χ3v) is 4.24. The van der Waals surface area contributed by atoms with Crippen molar-refractivity contribution in [3.63, 3.8) is 0 Å². The summed E-state index contributed by atoms with van der Waals surface area (Å²) in [5, 5.41) is 2.11. The zero-order chi connectivity index (χ0) is 13.8. The van der Waals surface area contributed by atoms with Gasteiger partial charge in [0.05, 0.1) is 0 Å². The summed E-state index contributed by atoms with van der Waals surface area (Å²) >= 11 is 1.79. The molecule has 19 heavy (non-hydrogen) atoms. The Bertz CT molecular complexity index is 524. The van der Waals surface area contributed by atoms with Gasteiger partial charge in [-0.2, -0.15) is 0 Å². The lowest BCUT2D eigenvalue weighted by Gasteiger charge is -2.25. The summed E-state index contributed by atoms with van der Waals surface area (Å²) in [5.41, 5.74) is 7.60. The van der Waals surface area contributed by atoms with Crippen molar-refractivity contribution < 1.29 is 0 Å². The second-order valence-corrected chi connectivity index (χ2v) is 5.76. The number of aromatic nitrogens is 2. The Hall–Kier alpha value is -1.46. The molecule has 2 rings (SSSR count). The first-order valence-corrected chi connectivity index (χ1v) is 7.27. The van der Waals surface area contributed by atoms with E-state index in [9.17, 15) is 0 Å². The highest BCUT2D eigenvalue weighted by atomic mass is 32.1. The molecule has 1 unspecified atom stereocenters. The molecule has 1 atom stereocenters. The molecule has 0 saturated carbocycles. The van der Waals surface area contributed by atoms with Crippen LogP contribution in [0.4, 0.5) is 5.95 Å². The van der Waals surface area contributed by atoms with Crippen molar-refractivity contribution in [2.24, 2.45) is 5.73 Å². The number of nitrogens with zero attached hydrogens (tertiary/aromatic N) is 3. The fraction of sp³-hybridized carbons (Fsp3) is 0.429. The maximum Gasteiger partial charge on any atom is 0.225 e. The van der Waals surface area contributed by atoms with Crippen LogP contribution >= 0.6 is 11.3 Å². The molecule has 2 N–H and O–H groups in total. The van der Waals surface area contributed by atoms with Gasteiger partial charge in [0.2, 0.25) is 5.95 Å². The van der Waals surface area contributed by atoms with Crippen molar-refractivity contribution >= 4 is 17.3 Å². The summed E-state index contributed by atoms with van der Waals surface area (Å²) in [6.45, 7) is 4.65. The molecular weight excluding hydrogens is 256 g/mol. The van der Waals surface area contributed by atoms with E-state index in [0.717, 1.165) is 23.6 Å². The number of hydrogen-bond acceptors (Lipinski definition) is 5. The first-order chi connectivity index (χ1) is 9.11. The Kier molecular flexibility index (Phi) is 4.50. The quantitative estimate of drug-likeness (QED) is 0.911. The molecule has 2 aromatic rings. The molecule has 0 saturated heterocycles. The van der Waals surface area contributed by atoms with Crippen LogP contribution in [0.15, 0.2) is 23.7 Å². The van der Waals surface area contributed by atoms with E-state index in [1.807, 2.05) is 20.2 Å². The van der Waals surface area contributed by atoms with Gasteiger partial charge in [-0.05, 0) is 25.3 Å². The summed E-state index contributed by atoms with van der Waals surface area (Å²) in [6, 6.07) is 4.61. The predicted octanol–water partition coefficient (Wildman–Crippen LogP) is 2.37. The smallest absolute Gasteiger partial charge is 0.225 e. The van der Waals surface area contributed by atoms with E-state index >= 15 is 0 Å². The first-order valence-electron chi connectivity index (χ1n) is 6.39. The molecule has 2 aromatic heterocycles. The van der Waals surface area contributed by atoms with Gasteiger partial charge < -0.3 is 10.6 Å². The summed E-state index contributed by atoms with van der Waals surface area (Å²) in [7, 11) is 2.04. The van der Waals surface area contributed by atoms with Gasteiger partial charge in [0.1, 0.15) is 0 Å². The second-order valence-electron chi connectivity index (χ2n) is 4.73. The van der Waals surface area contributed by atoms with Crippen molar-refractivity contribution in [3.8, 4) is 0 Å². The van der Waals surface area contributed by atoms with Crippen LogP contribution in [0.3, 0.4) is 0 Å². The molecule has 0 bridgehead atoms. The van der Waals surface area contributed by atoms with Crippen molar-refractivity contribution in [1.82, 2.24) is 9.97 Å². The molecule has 0 aliphatic heterocycles. The van der Waals surface area contributed by atoms with Gasteiger partial charge in [-0.3, -0.25) is 0 Å². The highest BCUT2D eigenvalue weighted by Crippen LogP contribution is 2.17. The molecule has 0 aromatic carbocycles. The molecule has 0 fully saturated rings. The normalized spacial score (nSPS) is 12.4. The molecule has 0 radical (unpaired) electrons. The fourth-order valence-corrected chi connectivity index (χ4v) is 2.73. The fourth-order valence-electron chi connectivity index (χ4n) is 1.90. The summed E-state index contributed by atoms with van der Waals surface area (Å²) in [5.74, 6) is 0.763. The van der Waals surface area contributed by atoms with Crippen molar-refractivity contribution in [3.05, 3.63) is 39.8 Å². The molecular formula is C14H20N4S. The minimum atomic E-state index is 0.363. The summed E-state index contributed by atoms with van der Waals surface area (Å²) in [6.07, 6.45) is 2.83. The lowest BCUT2D eigenvalue weighted by Crippen LogP contribution is -2.32. The van der Waals surface area contributed by atoms with Crippen LogP contribution in [0.2, 0.25) is 0 Å². The van der Waals surface area contributed by atoms with Crippen molar-refractivity contribution in [1.29, 1.82) is 0 Å². The van der Waals surface area contributed by atoms with Gasteiger partial charge in [0.15, 0.2) is 0 Å². The van der Waals surface area contributed by atoms with E-state index in [4.69, 9.17) is 5.73 Å². The number of anilines is 1. The Balaban J connectivity index is 2.10. The average Bonchev–Trinajstić information content (AvgIpc) is 2.90. The highest BCUT2D eigenvalue weighted by molar-refractivity contribution is 7.09. The SMILES string of the molecule is Cc1nc(N(C)C(C)Cc2cccs2)ncc1CN. The average molecular weight is 276 g/mol. The van der Waals surface area contributed by atoms with Crippen LogP contribution < -0.4 is 10.6 Å². The van der Waals surface area contributed by atoms with Gasteiger partial charge in [-0.1, -0.05) is 6.07 Å². The van der Waals surface area contributed by atoms with Gasteiger partial charge in [-0.25, -0.2) is 9.97 Å². The minimum Gasteiger partial charge on any atom is -0.341 e. The number of aryl methyl sites for hydroxylation is 1. The Morgan fingerprint density at radius 2 is 2.26 bits per heavy atom. The number of hydrogen-bond donors (Lipinski definition) is 1. The Labute approximate surface area is 118 Å². The molecule has 0 aliphatic carbocycles. The Morgan fingerprint density at radius 3 is 2.84 bits per heavy atom. The third kappa shape index (κ3) is 3.30. The minimum absolute atomic E-state index is 0.363. The zero-order valence-electron chi connectivity index (χ0n) is 11.6. The maximum atomic E-state index is 5.63. The number of rotatable bonds is 5. The summed E-state index contributed by atoms with van der Waals surface area (Å²) < 4.78 is 0. The van der Waals surface area contributed by atoms with E-state index in [1.165, 1.54) is 4.88 Å². The van der Waals surface area contributed by atoms with E-state index in [0.29, 0.717) is 12.6 Å². The lowest BCUT2D eigenvalue weighted by atomic mass is 10.2. The van der Waals surface area contributed by atoms with Gasteiger partial charge >= 0.3 is 0 Å². The second kappa shape index (κ2) is 6.12. The molecule has 0 spiro atoms. The van der Waals surface area contributed by atoms with Crippen LogP contribution in [0, 0.1) is 6.92 Å². The monoisotopic (exact) mass is 276 g/mol. The number of likely N-dealkylation sites (N-methyl/N-ethyl adjacent to an activating group) is 1. The van der Waals surface area contributed by atoms with Crippen LogP contribution in [0.5, 0.6) is 0 Å². The molecule has 102 valence electrons. The van der Waals surface area contributed by atoms with Crippen LogP contribution in [-0.4, -0.2) is 23.1 Å². The molecule has 2 heterocycles. The van der Waals surface area contributed by atoms with Gasteiger partial charge in [0, 0.05) is 48.4 Å². The lowest BCUT2D eigenvalue weighted by molar-refractivity contribution is 0.668.